The highest BCUT2D eigenvalue weighted by Crippen LogP contribution is 2.18. The van der Waals surface area contributed by atoms with Crippen molar-refractivity contribution in [3.05, 3.63) is 0 Å². The van der Waals surface area contributed by atoms with E-state index in [0.717, 1.165) is 0 Å². The van der Waals surface area contributed by atoms with Crippen LogP contribution in [0.4, 0.5) is 0 Å². The molecule has 0 aromatic carbocycles. The lowest BCUT2D eigenvalue weighted by Gasteiger charge is -2.14. The van der Waals surface area contributed by atoms with Crippen LogP contribution in [0.2, 0.25) is 0 Å². The standard InChI is InChI=1S/C9H17NO6S2/c1-2-7(9(11)12)5-10-18(15,16)8-3-4-17(13,14)6-8/h7-8,10H,2-6H2,1H3,(H,11,12). The molecular formula is C9H17NO6S2. The van der Waals surface area contributed by atoms with Crippen molar-refractivity contribution in [1.82, 2.24) is 4.72 Å². The van der Waals surface area contributed by atoms with Gasteiger partial charge in [-0.3, -0.25) is 4.79 Å². The van der Waals surface area contributed by atoms with Crippen molar-refractivity contribution in [3.8, 4) is 0 Å². The van der Waals surface area contributed by atoms with E-state index in [1.165, 1.54) is 0 Å². The van der Waals surface area contributed by atoms with Crippen LogP contribution in [0.25, 0.3) is 0 Å². The number of aliphatic carboxylic acids is 1. The third-order valence-electron chi connectivity index (χ3n) is 3.00. The molecule has 0 amide bonds. The third kappa shape index (κ3) is 3.92. The average Bonchev–Trinajstić information content (AvgIpc) is 2.60. The Morgan fingerprint density at radius 3 is 2.50 bits per heavy atom. The molecule has 18 heavy (non-hydrogen) atoms. The molecule has 2 atom stereocenters. The van der Waals surface area contributed by atoms with Crippen LogP contribution in [0.1, 0.15) is 19.8 Å². The van der Waals surface area contributed by atoms with E-state index in [9.17, 15) is 21.6 Å². The number of nitrogens with one attached hydrogen (secondary N) is 1. The minimum atomic E-state index is -3.76. The number of hydrogen-bond donors (Lipinski definition) is 2. The van der Waals surface area contributed by atoms with Crippen LogP contribution in [-0.2, 0) is 24.7 Å². The van der Waals surface area contributed by atoms with E-state index in [2.05, 4.69) is 4.72 Å². The maximum absolute atomic E-state index is 11.8. The first-order valence-electron chi connectivity index (χ1n) is 5.59. The molecule has 0 saturated carbocycles. The first-order chi connectivity index (χ1) is 8.18. The molecule has 0 aliphatic carbocycles. The zero-order valence-electron chi connectivity index (χ0n) is 10.00. The van der Waals surface area contributed by atoms with Crippen molar-refractivity contribution in [2.75, 3.05) is 18.1 Å². The molecule has 1 rings (SSSR count). The smallest absolute Gasteiger partial charge is 0.307 e. The molecule has 1 aliphatic heterocycles. The number of sulfonamides is 1. The molecule has 7 nitrogen and oxygen atoms in total. The van der Waals surface area contributed by atoms with Gasteiger partial charge in [0.1, 0.15) is 0 Å². The predicted octanol–water partition coefficient (Wildman–Crippen LogP) is -0.796. The summed E-state index contributed by atoms with van der Waals surface area (Å²) in [4.78, 5) is 10.7. The summed E-state index contributed by atoms with van der Waals surface area (Å²) < 4.78 is 48.2. The fraction of sp³-hybridized carbons (Fsp3) is 0.889. The van der Waals surface area contributed by atoms with Gasteiger partial charge in [0.2, 0.25) is 10.0 Å². The Balaban J connectivity index is 2.64. The van der Waals surface area contributed by atoms with Crippen molar-refractivity contribution in [3.63, 3.8) is 0 Å². The van der Waals surface area contributed by atoms with Crippen LogP contribution in [0.15, 0.2) is 0 Å². The summed E-state index contributed by atoms with van der Waals surface area (Å²) in [5.41, 5.74) is 0. The molecule has 0 bridgehead atoms. The summed E-state index contributed by atoms with van der Waals surface area (Å²) in [5, 5.41) is 7.82. The largest absolute Gasteiger partial charge is 0.481 e. The number of carboxylic acids is 1. The van der Waals surface area contributed by atoms with Gasteiger partial charge in [0, 0.05) is 6.54 Å². The number of rotatable bonds is 6. The van der Waals surface area contributed by atoms with Gasteiger partial charge in [-0.15, -0.1) is 0 Å². The monoisotopic (exact) mass is 299 g/mol. The molecular weight excluding hydrogens is 282 g/mol. The fourth-order valence-electron chi connectivity index (χ4n) is 1.75. The van der Waals surface area contributed by atoms with E-state index in [1.807, 2.05) is 0 Å². The first kappa shape index (κ1) is 15.4. The maximum atomic E-state index is 11.8. The predicted molar refractivity (Wildman–Crippen MR) is 65.4 cm³/mol. The number of sulfone groups is 1. The maximum Gasteiger partial charge on any atom is 0.307 e. The number of carbonyl (C=O) groups is 1. The zero-order chi connectivity index (χ0) is 14.0. The van der Waals surface area contributed by atoms with Crippen molar-refractivity contribution < 1.29 is 26.7 Å². The molecule has 2 unspecified atom stereocenters. The van der Waals surface area contributed by atoms with Crippen molar-refractivity contribution in [1.29, 1.82) is 0 Å². The quantitative estimate of drug-likeness (QED) is 0.663. The molecule has 0 aromatic heterocycles. The Labute approximate surface area is 107 Å². The fourth-order valence-corrected chi connectivity index (χ4v) is 5.88. The zero-order valence-corrected chi connectivity index (χ0v) is 11.6. The number of carboxylic acid groups (broad SMARTS) is 1. The SMILES string of the molecule is CCC(CNS(=O)(=O)C1CCS(=O)(=O)C1)C(=O)O. The van der Waals surface area contributed by atoms with Gasteiger partial charge in [-0.25, -0.2) is 21.6 Å². The molecule has 2 N–H and O–H groups in total. The van der Waals surface area contributed by atoms with E-state index in [-0.39, 0.29) is 24.5 Å². The highest BCUT2D eigenvalue weighted by Gasteiger charge is 2.37. The van der Waals surface area contributed by atoms with Crippen LogP contribution in [0.5, 0.6) is 0 Å². The van der Waals surface area contributed by atoms with Crippen molar-refractivity contribution in [2.45, 2.75) is 25.0 Å². The van der Waals surface area contributed by atoms with Crippen LogP contribution >= 0.6 is 0 Å². The second-order valence-electron chi connectivity index (χ2n) is 4.36. The van der Waals surface area contributed by atoms with Gasteiger partial charge >= 0.3 is 5.97 Å². The molecule has 106 valence electrons. The Kier molecular flexibility index (Phi) is 4.73. The summed E-state index contributed by atoms with van der Waals surface area (Å²) in [5.74, 6) is -2.38. The summed E-state index contributed by atoms with van der Waals surface area (Å²) >= 11 is 0. The molecule has 0 radical (unpaired) electrons. The lowest BCUT2D eigenvalue weighted by molar-refractivity contribution is -0.141. The van der Waals surface area contributed by atoms with Gasteiger partial charge in [0.05, 0.1) is 22.7 Å². The highest BCUT2D eigenvalue weighted by molar-refractivity contribution is 7.95. The lowest BCUT2D eigenvalue weighted by Crippen LogP contribution is -2.39. The molecule has 1 fully saturated rings. The summed E-state index contributed by atoms with van der Waals surface area (Å²) in [6, 6.07) is 0. The molecule has 9 heteroatoms. The topological polar surface area (TPSA) is 118 Å². The highest BCUT2D eigenvalue weighted by atomic mass is 32.2. The van der Waals surface area contributed by atoms with Crippen LogP contribution < -0.4 is 4.72 Å². The Hall–Kier alpha value is -0.670. The summed E-state index contributed by atoms with van der Waals surface area (Å²) in [6.07, 6.45) is 0.377. The summed E-state index contributed by atoms with van der Waals surface area (Å²) in [6.45, 7) is 1.44. The second-order valence-corrected chi connectivity index (χ2v) is 8.64. The van der Waals surface area contributed by atoms with E-state index < -0.39 is 37.0 Å². The lowest BCUT2D eigenvalue weighted by atomic mass is 10.1. The van der Waals surface area contributed by atoms with E-state index in [4.69, 9.17) is 5.11 Å². The Morgan fingerprint density at radius 1 is 1.50 bits per heavy atom. The minimum Gasteiger partial charge on any atom is -0.481 e. The Morgan fingerprint density at radius 2 is 2.11 bits per heavy atom. The van der Waals surface area contributed by atoms with Gasteiger partial charge in [0.25, 0.3) is 0 Å². The minimum absolute atomic E-state index is 0.0710. The number of hydrogen-bond acceptors (Lipinski definition) is 5. The van der Waals surface area contributed by atoms with E-state index >= 15 is 0 Å². The van der Waals surface area contributed by atoms with E-state index in [1.54, 1.807) is 6.92 Å². The van der Waals surface area contributed by atoms with Crippen molar-refractivity contribution >= 4 is 25.8 Å². The van der Waals surface area contributed by atoms with E-state index in [0.29, 0.717) is 6.42 Å². The van der Waals surface area contributed by atoms with Crippen LogP contribution in [-0.4, -0.2) is 51.2 Å². The van der Waals surface area contributed by atoms with Crippen LogP contribution in [0.3, 0.4) is 0 Å². The molecule has 0 aromatic rings. The Bertz CT molecular complexity index is 509. The molecule has 1 aliphatic rings. The van der Waals surface area contributed by atoms with Crippen molar-refractivity contribution in [2.24, 2.45) is 5.92 Å². The van der Waals surface area contributed by atoms with Gasteiger partial charge in [-0.2, -0.15) is 0 Å². The normalized spacial score (nSPS) is 24.8. The molecule has 1 saturated heterocycles. The molecule has 0 spiro atoms. The second kappa shape index (κ2) is 5.54. The summed E-state index contributed by atoms with van der Waals surface area (Å²) in [7, 11) is -7.04. The third-order valence-corrected chi connectivity index (χ3v) is 6.83. The van der Waals surface area contributed by atoms with Crippen LogP contribution in [0, 0.1) is 5.92 Å². The van der Waals surface area contributed by atoms with Gasteiger partial charge in [-0.1, -0.05) is 6.92 Å². The average molecular weight is 299 g/mol. The van der Waals surface area contributed by atoms with Gasteiger partial charge in [-0.05, 0) is 12.8 Å². The van der Waals surface area contributed by atoms with Gasteiger partial charge < -0.3 is 5.11 Å². The molecule has 1 heterocycles. The van der Waals surface area contributed by atoms with Gasteiger partial charge in [0.15, 0.2) is 9.84 Å². The first-order valence-corrected chi connectivity index (χ1v) is 8.96.